The Morgan fingerprint density at radius 1 is 1.21 bits per heavy atom. The summed E-state index contributed by atoms with van der Waals surface area (Å²) < 4.78 is 3.79. The van der Waals surface area contributed by atoms with Crippen molar-refractivity contribution in [2.45, 2.75) is 39.3 Å². The Kier molecular flexibility index (Phi) is 3.71. The van der Waals surface area contributed by atoms with Crippen LogP contribution in [0.15, 0.2) is 12.5 Å². The Morgan fingerprint density at radius 2 is 1.95 bits per heavy atom. The number of nitrogens with zero attached hydrogens (tertiary/aromatic N) is 5. The molecule has 2 heterocycles. The number of rotatable bonds is 4. The molecule has 0 amide bonds. The van der Waals surface area contributed by atoms with Gasteiger partial charge in [0.25, 0.3) is 0 Å². The van der Waals surface area contributed by atoms with Crippen LogP contribution < -0.4 is 5.32 Å². The second-order valence-electron chi connectivity index (χ2n) is 5.89. The summed E-state index contributed by atoms with van der Waals surface area (Å²) in [5.41, 5.74) is 2.43. The Balaban J connectivity index is 2.02. The van der Waals surface area contributed by atoms with Gasteiger partial charge in [-0.15, -0.1) is 10.2 Å². The first-order valence-corrected chi connectivity index (χ1v) is 6.44. The smallest absolute Gasteiger partial charge is 0.146 e. The zero-order valence-corrected chi connectivity index (χ0v) is 12.3. The standard InChI is InChI=1S/C13H22N6/c1-13(2,3)12-10(8-19(5)17-12)6-14-7-11-16-15-9-18(11)4/h8-9,14H,6-7H2,1-5H3. The molecule has 0 bridgehead atoms. The minimum atomic E-state index is 0.0586. The Bertz CT molecular complexity index is 546. The van der Waals surface area contributed by atoms with E-state index in [9.17, 15) is 0 Å². The zero-order valence-electron chi connectivity index (χ0n) is 12.3. The predicted octanol–water partition coefficient (Wildman–Crippen LogP) is 1.14. The third-order valence-corrected chi connectivity index (χ3v) is 3.02. The molecule has 6 nitrogen and oxygen atoms in total. The van der Waals surface area contributed by atoms with Crippen molar-refractivity contribution in [3.05, 3.63) is 29.6 Å². The lowest BCUT2D eigenvalue weighted by atomic mass is 9.89. The first-order chi connectivity index (χ1) is 8.88. The van der Waals surface area contributed by atoms with E-state index in [0.29, 0.717) is 6.54 Å². The Morgan fingerprint density at radius 3 is 2.53 bits per heavy atom. The summed E-state index contributed by atoms with van der Waals surface area (Å²) in [5, 5.41) is 15.9. The van der Waals surface area contributed by atoms with Crippen LogP contribution in [0.5, 0.6) is 0 Å². The highest BCUT2D eigenvalue weighted by Crippen LogP contribution is 2.23. The van der Waals surface area contributed by atoms with Crippen LogP contribution >= 0.6 is 0 Å². The fraction of sp³-hybridized carbons (Fsp3) is 0.615. The average molecular weight is 262 g/mol. The third kappa shape index (κ3) is 3.20. The van der Waals surface area contributed by atoms with Gasteiger partial charge in [-0.1, -0.05) is 20.8 Å². The van der Waals surface area contributed by atoms with Crippen molar-refractivity contribution in [2.75, 3.05) is 0 Å². The van der Waals surface area contributed by atoms with Crippen LogP contribution in [0.4, 0.5) is 0 Å². The molecular weight excluding hydrogens is 240 g/mol. The molecule has 1 N–H and O–H groups in total. The predicted molar refractivity (Wildman–Crippen MR) is 73.5 cm³/mol. The maximum Gasteiger partial charge on any atom is 0.146 e. The zero-order chi connectivity index (χ0) is 14.0. The number of aromatic nitrogens is 5. The molecule has 104 valence electrons. The highest BCUT2D eigenvalue weighted by Gasteiger charge is 2.21. The van der Waals surface area contributed by atoms with Crippen LogP contribution in [0.25, 0.3) is 0 Å². The van der Waals surface area contributed by atoms with Crippen LogP contribution in [0.1, 0.15) is 37.9 Å². The van der Waals surface area contributed by atoms with Crippen LogP contribution in [0.3, 0.4) is 0 Å². The van der Waals surface area contributed by atoms with E-state index < -0.39 is 0 Å². The minimum Gasteiger partial charge on any atom is -0.320 e. The van der Waals surface area contributed by atoms with Crippen molar-refractivity contribution in [1.82, 2.24) is 29.9 Å². The summed E-state index contributed by atoms with van der Waals surface area (Å²) in [6.45, 7) is 8.03. The van der Waals surface area contributed by atoms with Crippen LogP contribution in [0, 0.1) is 0 Å². The highest BCUT2D eigenvalue weighted by molar-refractivity contribution is 5.23. The molecule has 2 rings (SSSR count). The summed E-state index contributed by atoms with van der Waals surface area (Å²) in [7, 11) is 3.91. The van der Waals surface area contributed by atoms with E-state index in [1.54, 1.807) is 6.33 Å². The highest BCUT2D eigenvalue weighted by atomic mass is 15.3. The lowest BCUT2D eigenvalue weighted by molar-refractivity contribution is 0.541. The minimum absolute atomic E-state index is 0.0586. The van der Waals surface area contributed by atoms with E-state index in [1.807, 2.05) is 23.3 Å². The van der Waals surface area contributed by atoms with Gasteiger partial charge in [0.15, 0.2) is 0 Å². The van der Waals surface area contributed by atoms with Crippen molar-refractivity contribution >= 4 is 0 Å². The van der Waals surface area contributed by atoms with Gasteiger partial charge >= 0.3 is 0 Å². The van der Waals surface area contributed by atoms with Gasteiger partial charge in [-0.05, 0) is 0 Å². The molecule has 19 heavy (non-hydrogen) atoms. The van der Waals surface area contributed by atoms with E-state index in [0.717, 1.165) is 18.1 Å². The number of aryl methyl sites for hydroxylation is 2. The van der Waals surface area contributed by atoms with E-state index in [-0.39, 0.29) is 5.41 Å². The summed E-state index contributed by atoms with van der Waals surface area (Å²) in [6, 6.07) is 0. The van der Waals surface area contributed by atoms with Crippen molar-refractivity contribution in [3.63, 3.8) is 0 Å². The first kappa shape index (κ1) is 13.7. The fourth-order valence-corrected chi connectivity index (χ4v) is 2.07. The van der Waals surface area contributed by atoms with Crippen LogP contribution in [-0.2, 0) is 32.6 Å². The van der Waals surface area contributed by atoms with Crippen LogP contribution in [0.2, 0.25) is 0 Å². The molecule has 0 radical (unpaired) electrons. The molecule has 0 saturated heterocycles. The van der Waals surface area contributed by atoms with E-state index >= 15 is 0 Å². The Labute approximate surface area is 113 Å². The number of nitrogens with one attached hydrogen (secondary N) is 1. The van der Waals surface area contributed by atoms with Gasteiger partial charge in [-0.25, -0.2) is 0 Å². The van der Waals surface area contributed by atoms with E-state index in [1.165, 1.54) is 5.56 Å². The molecule has 0 atom stereocenters. The van der Waals surface area contributed by atoms with Gasteiger partial charge in [0.05, 0.1) is 12.2 Å². The summed E-state index contributed by atoms with van der Waals surface area (Å²) in [4.78, 5) is 0. The number of hydrogen-bond donors (Lipinski definition) is 1. The van der Waals surface area contributed by atoms with Gasteiger partial charge in [0, 0.05) is 37.8 Å². The van der Waals surface area contributed by atoms with E-state index in [4.69, 9.17) is 0 Å². The largest absolute Gasteiger partial charge is 0.320 e. The molecule has 0 aliphatic rings. The molecule has 2 aromatic heterocycles. The van der Waals surface area contributed by atoms with Crippen LogP contribution in [-0.4, -0.2) is 24.5 Å². The number of hydrogen-bond acceptors (Lipinski definition) is 4. The topological polar surface area (TPSA) is 60.6 Å². The second-order valence-corrected chi connectivity index (χ2v) is 5.89. The molecule has 0 fully saturated rings. The maximum atomic E-state index is 4.56. The molecule has 0 aliphatic carbocycles. The lowest BCUT2D eigenvalue weighted by Gasteiger charge is -2.17. The SMILES string of the molecule is Cn1cc(CNCc2nncn2C)c(C(C)(C)C)n1. The Hall–Kier alpha value is -1.69. The maximum absolute atomic E-state index is 4.56. The van der Waals surface area contributed by atoms with Crippen molar-refractivity contribution < 1.29 is 0 Å². The van der Waals surface area contributed by atoms with Gasteiger partial charge < -0.3 is 9.88 Å². The molecule has 0 spiro atoms. The summed E-state index contributed by atoms with van der Waals surface area (Å²) >= 11 is 0. The third-order valence-electron chi connectivity index (χ3n) is 3.02. The molecule has 0 aromatic carbocycles. The van der Waals surface area contributed by atoms with Gasteiger partial charge in [-0.2, -0.15) is 5.10 Å². The van der Waals surface area contributed by atoms with Gasteiger partial charge in [0.2, 0.25) is 0 Å². The van der Waals surface area contributed by atoms with Crippen molar-refractivity contribution in [1.29, 1.82) is 0 Å². The van der Waals surface area contributed by atoms with Crippen molar-refractivity contribution in [3.8, 4) is 0 Å². The molecule has 6 heteroatoms. The normalized spacial score (nSPS) is 12.1. The molecule has 0 saturated carbocycles. The van der Waals surface area contributed by atoms with Gasteiger partial charge in [-0.3, -0.25) is 4.68 Å². The fourth-order valence-electron chi connectivity index (χ4n) is 2.07. The summed E-state index contributed by atoms with van der Waals surface area (Å²) in [6.07, 6.45) is 3.78. The van der Waals surface area contributed by atoms with Crippen molar-refractivity contribution in [2.24, 2.45) is 14.1 Å². The molecular formula is C13H22N6. The summed E-state index contributed by atoms with van der Waals surface area (Å²) in [5.74, 6) is 0.932. The second kappa shape index (κ2) is 5.13. The average Bonchev–Trinajstić information content (AvgIpc) is 2.85. The van der Waals surface area contributed by atoms with E-state index in [2.05, 4.69) is 47.6 Å². The molecule has 0 aliphatic heterocycles. The molecule has 0 unspecified atom stereocenters. The van der Waals surface area contributed by atoms with Gasteiger partial charge in [0.1, 0.15) is 12.2 Å². The lowest BCUT2D eigenvalue weighted by Crippen LogP contribution is -2.20. The first-order valence-electron chi connectivity index (χ1n) is 6.44. The molecule has 2 aromatic rings. The quantitative estimate of drug-likeness (QED) is 0.897. The monoisotopic (exact) mass is 262 g/mol.